The maximum atomic E-state index is 12.3. The summed E-state index contributed by atoms with van der Waals surface area (Å²) in [5.74, 6) is 2.19. The minimum absolute atomic E-state index is 0.00419. The highest BCUT2D eigenvalue weighted by Gasteiger charge is 2.15. The molecule has 0 aliphatic rings. The number of carbonyl (C=O) groups excluding carboxylic acids is 1. The first-order valence-electron chi connectivity index (χ1n) is 9.16. The number of ether oxygens (including phenoxy) is 3. The van der Waals surface area contributed by atoms with Gasteiger partial charge in [0.2, 0.25) is 5.91 Å². The van der Waals surface area contributed by atoms with Crippen LogP contribution in [0.1, 0.15) is 42.5 Å². The molecule has 1 amide bonds. The smallest absolute Gasteiger partial charge is 0.220 e. The number of benzene rings is 2. The largest absolute Gasteiger partial charge is 0.494 e. The summed E-state index contributed by atoms with van der Waals surface area (Å²) < 4.78 is 16.4. The number of methoxy groups -OCH3 is 2. The summed E-state index contributed by atoms with van der Waals surface area (Å²) in [7, 11) is 3.22. The molecule has 1 unspecified atom stereocenters. The Hall–Kier alpha value is -2.69. The second-order valence-electron chi connectivity index (χ2n) is 6.62. The maximum absolute atomic E-state index is 12.3. The number of rotatable bonds is 9. The van der Waals surface area contributed by atoms with Gasteiger partial charge in [-0.15, -0.1) is 0 Å². The van der Waals surface area contributed by atoms with Gasteiger partial charge in [-0.05, 0) is 68.1 Å². The molecule has 2 aromatic carbocycles. The number of amides is 1. The number of aryl methyl sites for hydroxylation is 2. The van der Waals surface area contributed by atoms with Crippen molar-refractivity contribution in [3.8, 4) is 17.2 Å². The second kappa shape index (κ2) is 9.86. The normalized spacial score (nSPS) is 11.6. The van der Waals surface area contributed by atoms with Gasteiger partial charge in [-0.2, -0.15) is 0 Å². The van der Waals surface area contributed by atoms with E-state index in [-0.39, 0.29) is 11.9 Å². The van der Waals surface area contributed by atoms with Crippen molar-refractivity contribution in [3.05, 3.63) is 53.1 Å². The average molecular weight is 371 g/mol. The quantitative estimate of drug-likeness (QED) is 0.666. The molecule has 0 fully saturated rings. The Kier molecular flexibility index (Phi) is 7.53. The predicted octanol–water partition coefficient (Wildman–Crippen LogP) is 4.36. The summed E-state index contributed by atoms with van der Waals surface area (Å²) in [5, 5.41) is 3.04. The molecule has 0 aliphatic carbocycles. The minimum Gasteiger partial charge on any atom is -0.494 e. The number of hydrogen-bond donors (Lipinski definition) is 1. The Morgan fingerprint density at radius 2 is 1.78 bits per heavy atom. The van der Waals surface area contributed by atoms with E-state index in [9.17, 15) is 4.79 Å². The van der Waals surface area contributed by atoms with Gasteiger partial charge >= 0.3 is 0 Å². The lowest BCUT2D eigenvalue weighted by atomic mass is 10.0. The SMILES string of the molecule is COc1cc(C)c(C(C)NC(=O)CCCOc2cccc(C)c2)cc1OC. The van der Waals surface area contributed by atoms with Crippen molar-refractivity contribution < 1.29 is 19.0 Å². The lowest BCUT2D eigenvalue weighted by Crippen LogP contribution is -2.27. The molecular weight excluding hydrogens is 342 g/mol. The van der Waals surface area contributed by atoms with E-state index < -0.39 is 0 Å². The maximum Gasteiger partial charge on any atom is 0.220 e. The van der Waals surface area contributed by atoms with E-state index in [1.807, 2.05) is 57.2 Å². The van der Waals surface area contributed by atoms with Crippen molar-refractivity contribution in [3.63, 3.8) is 0 Å². The van der Waals surface area contributed by atoms with Crippen molar-refractivity contribution in [1.82, 2.24) is 5.32 Å². The first kappa shape index (κ1) is 20.6. The first-order chi connectivity index (χ1) is 12.9. The Balaban J connectivity index is 1.84. The third-order valence-electron chi connectivity index (χ3n) is 4.42. The van der Waals surface area contributed by atoms with Gasteiger partial charge in [-0.25, -0.2) is 0 Å². The van der Waals surface area contributed by atoms with Crippen molar-refractivity contribution in [2.24, 2.45) is 0 Å². The molecule has 0 bridgehead atoms. The molecule has 0 saturated carbocycles. The summed E-state index contributed by atoms with van der Waals surface area (Å²) >= 11 is 0. The lowest BCUT2D eigenvalue weighted by molar-refractivity contribution is -0.121. The van der Waals surface area contributed by atoms with Crippen LogP contribution in [0.5, 0.6) is 17.2 Å². The second-order valence-corrected chi connectivity index (χ2v) is 6.62. The Bertz CT molecular complexity index is 773. The lowest BCUT2D eigenvalue weighted by Gasteiger charge is -2.19. The topological polar surface area (TPSA) is 56.8 Å². The highest BCUT2D eigenvalue weighted by Crippen LogP contribution is 2.32. The monoisotopic (exact) mass is 371 g/mol. The zero-order valence-electron chi connectivity index (χ0n) is 16.8. The summed E-state index contributed by atoms with van der Waals surface area (Å²) in [6, 6.07) is 11.6. The van der Waals surface area contributed by atoms with Crippen molar-refractivity contribution in [1.29, 1.82) is 0 Å². The molecule has 5 heteroatoms. The van der Waals surface area contributed by atoms with Crippen LogP contribution in [0.3, 0.4) is 0 Å². The van der Waals surface area contributed by atoms with Gasteiger partial charge in [0.15, 0.2) is 11.5 Å². The van der Waals surface area contributed by atoms with Crippen LogP contribution >= 0.6 is 0 Å². The summed E-state index contributed by atoms with van der Waals surface area (Å²) in [4.78, 5) is 12.3. The van der Waals surface area contributed by atoms with E-state index >= 15 is 0 Å². The molecule has 1 atom stereocenters. The van der Waals surface area contributed by atoms with Crippen LogP contribution in [-0.2, 0) is 4.79 Å². The number of hydrogen-bond acceptors (Lipinski definition) is 4. The third-order valence-corrected chi connectivity index (χ3v) is 4.42. The highest BCUT2D eigenvalue weighted by molar-refractivity contribution is 5.76. The first-order valence-corrected chi connectivity index (χ1v) is 9.16. The molecule has 1 N–H and O–H groups in total. The van der Waals surface area contributed by atoms with Gasteiger partial charge < -0.3 is 19.5 Å². The molecule has 5 nitrogen and oxygen atoms in total. The van der Waals surface area contributed by atoms with Gasteiger partial charge in [0.1, 0.15) is 5.75 Å². The Labute approximate surface area is 161 Å². The average Bonchev–Trinajstić information content (AvgIpc) is 2.64. The van der Waals surface area contributed by atoms with Crippen LogP contribution in [0, 0.1) is 13.8 Å². The minimum atomic E-state index is -0.116. The van der Waals surface area contributed by atoms with Crippen molar-refractivity contribution in [2.45, 2.75) is 39.7 Å². The van der Waals surface area contributed by atoms with Crippen molar-refractivity contribution in [2.75, 3.05) is 20.8 Å². The fourth-order valence-corrected chi connectivity index (χ4v) is 2.98. The van der Waals surface area contributed by atoms with Gasteiger partial charge in [-0.3, -0.25) is 4.79 Å². The molecule has 0 spiro atoms. The van der Waals surface area contributed by atoms with Crippen LogP contribution in [0.2, 0.25) is 0 Å². The molecule has 2 rings (SSSR count). The zero-order chi connectivity index (χ0) is 19.8. The molecule has 0 aliphatic heterocycles. The highest BCUT2D eigenvalue weighted by atomic mass is 16.5. The van der Waals surface area contributed by atoms with Gasteiger partial charge in [-0.1, -0.05) is 12.1 Å². The van der Waals surface area contributed by atoms with Crippen LogP contribution in [0.15, 0.2) is 36.4 Å². The molecule has 0 heterocycles. The van der Waals surface area contributed by atoms with Crippen LogP contribution in [-0.4, -0.2) is 26.7 Å². The molecule has 146 valence electrons. The Morgan fingerprint density at radius 3 is 2.44 bits per heavy atom. The van der Waals surface area contributed by atoms with E-state index in [0.29, 0.717) is 30.9 Å². The van der Waals surface area contributed by atoms with Crippen LogP contribution < -0.4 is 19.5 Å². The van der Waals surface area contributed by atoms with Gasteiger partial charge in [0, 0.05) is 6.42 Å². The van der Waals surface area contributed by atoms with E-state index in [4.69, 9.17) is 14.2 Å². The summed E-state index contributed by atoms with van der Waals surface area (Å²) in [6.07, 6.45) is 1.08. The van der Waals surface area contributed by atoms with Gasteiger partial charge in [0.25, 0.3) is 0 Å². The fourth-order valence-electron chi connectivity index (χ4n) is 2.98. The molecular formula is C22H29NO4. The number of carbonyl (C=O) groups is 1. The zero-order valence-corrected chi connectivity index (χ0v) is 16.8. The van der Waals surface area contributed by atoms with E-state index in [1.54, 1.807) is 14.2 Å². The fraction of sp³-hybridized carbons (Fsp3) is 0.409. The predicted molar refractivity (Wildman–Crippen MR) is 107 cm³/mol. The standard InChI is InChI=1S/C22H29NO4/c1-15-8-6-9-18(12-15)27-11-7-10-22(24)23-17(3)19-14-21(26-5)20(25-4)13-16(19)2/h6,8-9,12-14,17H,7,10-11H2,1-5H3,(H,23,24). The van der Waals surface area contributed by atoms with Gasteiger partial charge in [0.05, 0.1) is 26.9 Å². The van der Waals surface area contributed by atoms with Crippen molar-refractivity contribution >= 4 is 5.91 Å². The molecule has 0 radical (unpaired) electrons. The van der Waals surface area contributed by atoms with Crippen LogP contribution in [0.25, 0.3) is 0 Å². The molecule has 27 heavy (non-hydrogen) atoms. The molecule has 0 saturated heterocycles. The molecule has 2 aromatic rings. The Morgan fingerprint density at radius 1 is 1.07 bits per heavy atom. The molecule has 0 aromatic heterocycles. The van der Waals surface area contributed by atoms with E-state index in [2.05, 4.69) is 5.32 Å². The third kappa shape index (κ3) is 5.91. The number of nitrogens with one attached hydrogen (secondary N) is 1. The summed E-state index contributed by atoms with van der Waals surface area (Å²) in [6.45, 7) is 6.50. The van der Waals surface area contributed by atoms with Crippen LogP contribution in [0.4, 0.5) is 0 Å². The summed E-state index contributed by atoms with van der Waals surface area (Å²) in [5.41, 5.74) is 3.21. The van der Waals surface area contributed by atoms with E-state index in [1.165, 1.54) is 0 Å². The van der Waals surface area contributed by atoms with E-state index in [0.717, 1.165) is 22.4 Å².